The van der Waals surface area contributed by atoms with E-state index < -0.39 is 0 Å². The summed E-state index contributed by atoms with van der Waals surface area (Å²) in [4.78, 5) is 13.3. The van der Waals surface area contributed by atoms with E-state index in [1.54, 1.807) is 0 Å². The predicted molar refractivity (Wildman–Crippen MR) is 40.3 cm³/mol. The maximum absolute atomic E-state index is 10.5. The van der Waals surface area contributed by atoms with Crippen LogP contribution in [0.15, 0.2) is 11.5 Å². The van der Waals surface area contributed by atoms with Crippen LogP contribution in [0.25, 0.3) is 4.98 Å². The molecule has 0 aliphatic heterocycles. The Morgan fingerprint density at radius 1 is 1.45 bits per heavy atom. The van der Waals surface area contributed by atoms with Crippen molar-refractivity contribution in [2.24, 2.45) is 0 Å². The Labute approximate surface area is 65.2 Å². The van der Waals surface area contributed by atoms with Crippen molar-refractivity contribution in [3.05, 3.63) is 16.4 Å². The van der Waals surface area contributed by atoms with Crippen molar-refractivity contribution in [3.8, 4) is 0 Å². The first-order chi connectivity index (χ1) is 5.07. The highest BCUT2D eigenvalue weighted by atomic mass is 16.3. The SMILES string of the molecule is CC(=O)CC/C([N+]#N)=C(/C)O. The molecule has 0 unspecified atom stereocenters. The quantitative estimate of drug-likeness (QED) is 0.500. The third kappa shape index (κ3) is 4.09. The van der Waals surface area contributed by atoms with Crippen LogP contribution in [0, 0.1) is 5.39 Å². The van der Waals surface area contributed by atoms with Crippen LogP contribution in [0.2, 0.25) is 0 Å². The molecule has 0 spiro atoms. The zero-order chi connectivity index (χ0) is 8.85. The summed E-state index contributed by atoms with van der Waals surface area (Å²) in [5, 5.41) is 17.1. The lowest BCUT2D eigenvalue weighted by Crippen LogP contribution is -1.91. The molecular formula is C7H11N2O2+. The number of hydrogen-bond donors (Lipinski definition) is 1. The number of diazo groups is 1. The van der Waals surface area contributed by atoms with E-state index in [2.05, 4.69) is 4.98 Å². The highest BCUT2D eigenvalue weighted by molar-refractivity contribution is 5.75. The van der Waals surface area contributed by atoms with Crippen molar-refractivity contribution in [2.75, 3.05) is 0 Å². The average molecular weight is 155 g/mol. The van der Waals surface area contributed by atoms with Crippen LogP contribution in [0.4, 0.5) is 0 Å². The first-order valence-electron chi connectivity index (χ1n) is 3.31. The summed E-state index contributed by atoms with van der Waals surface area (Å²) in [5.74, 6) is -0.0406. The van der Waals surface area contributed by atoms with Crippen molar-refractivity contribution < 1.29 is 9.90 Å². The van der Waals surface area contributed by atoms with Gasteiger partial charge in [-0.05, 0) is 6.92 Å². The van der Waals surface area contributed by atoms with Gasteiger partial charge in [-0.2, -0.15) is 0 Å². The Morgan fingerprint density at radius 2 is 2.00 bits per heavy atom. The maximum atomic E-state index is 10.5. The van der Waals surface area contributed by atoms with Crippen LogP contribution >= 0.6 is 0 Å². The highest BCUT2D eigenvalue weighted by Crippen LogP contribution is 2.10. The van der Waals surface area contributed by atoms with Gasteiger partial charge in [-0.15, -0.1) is 0 Å². The second-order valence-corrected chi connectivity index (χ2v) is 2.33. The van der Waals surface area contributed by atoms with Gasteiger partial charge in [0.25, 0.3) is 0 Å². The van der Waals surface area contributed by atoms with Crippen molar-refractivity contribution in [3.63, 3.8) is 0 Å². The number of hydrogen-bond acceptors (Lipinski definition) is 3. The average Bonchev–Trinajstić information content (AvgIpc) is 1.87. The van der Waals surface area contributed by atoms with Crippen LogP contribution in [-0.4, -0.2) is 10.9 Å². The second-order valence-electron chi connectivity index (χ2n) is 2.33. The van der Waals surface area contributed by atoms with E-state index in [9.17, 15) is 4.79 Å². The molecule has 0 aliphatic carbocycles. The number of rotatable bonds is 3. The van der Waals surface area contributed by atoms with Crippen LogP contribution in [-0.2, 0) is 4.79 Å². The summed E-state index contributed by atoms with van der Waals surface area (Å²) in [7, 11) is 0. The van der Waals surface area contributed by atoms with Crippen molar-refractivity contribution in [1.82, 2.24) is 0 Å². The standard InChI is InChI=1S/C7H10N2O2/c1-5(10)3-4-7(9-8)6(2)11/h3-4H2,1-2H3/p+1/b7-6+. The van der Waals surface area contributed by atoms with Gasteiger partial charge in [0.15, 0.2) is 10.7 Å². The summed E-state index contributed by atoms with van der Waals surface area (Å²) in [6.45, 7) is 2.86. The Morgan fingerprint density at radius 3 is 2.27 bits per heavy atom. The minimum atomic E-state index is -0.0475. The van der Waals surface area contributed by atoms with Gasteiger partial charge in [-0.25, -0.2) is 0 Å². The van der Waals surface area contributed by atoms with Crippen molar-refractivity contribution in [1.29, 1.82) is 5.39 Å². The van der Waals surface area contributed by atoms with Gasteiger partial charge in [0.1, 0.15) is 5.78 Å². The van der Waals surface area contributed by atoms with E-state index in [-0.39, 0.29) is 30.1 Å². The molecule has 0 rings (SSSR count). The number of nitrogens with zero attached hydrogens (tertiary/aromatic N) is 2. The molecule has 4 nitrogen and oxygen atoms in total. The molecule has 0 bridgehead atoms. The fourth-order valence-electron chi connectivity index (χ4n) is 0.598. The number of aliphatic hydroxyl groups excluding tert-OH is 1. The molecule has 0 heterocycles. The Hall–Kier alpha value is -1.37. The molecule has 0 atom stereocenters. The monoisotopic (exact) mass is 155 g/mol. The molecule has 0 aliphatic rings. The topological polar surface area (TPSA) is 65.5 Å². The Kier molecular flexibility index (Phi) is 3.89. The van der Waals surface area contributed by atoms with E-state index in [0.29, 0.717) is 0 Å². The molecule has 0 saturated carbocycles. The summed E-state index contributed by atoms with van der Waals surface area (Å²) < 4.78 is 0. The normalized spacial score (nSPS) is 11.7. The lowest BCUT2D eigenvalue weighted by Gasteiger charge is -1.86. The van der Waals surface area contributed by atoms with Gasteiger partial charge in [-0.1, -0.05) is 0 Å². The minimum Gasteiger partial charge on any atom is -0.505 e. The summed E-state index contributed by atoms with van der Waals surface area (Å²) in [6, 6.07) is 0. The second kappa shape index (κ2) is 4.45. The third-order valence-electron chi connectivity index (χ3n) is 1.25. The first kappa shape index (κ1) is 9.63. The highest BCUT2D eigenvalue weighted by Gasteiger charge is 2.15. The van der Waals surface area contributed by atoms with Crippen molar-refractivity contribution >= 4 is 5.78 Å². The third-order valence-corrected chi connectivity index (χ3v) is 1.25. The van der Waals surface area contributed by atoms with E-state index in [1.165, 1.54) is 13.8 Å². The number of carbonyl (C=O) groups excluding carboxylic acids is 1. The molecule has 0 aromatic heterocycles. The minimum absolute atomic E-state index is 0.00685. The van der Waals surface area contributed by atoms with Gasteiger partial charge in [0, 0.05) is 13.3 Å². The summed E-state index contributed by atoms with van der Waals surface area (Å²) >= 11 is 0. The number of aliphatic hydroxyl groups is 1. The largest absolute Gasteiger partial charge is 0.505 e. The van der Waals surface area contributed by atoms with Gasteiger partial charge < -0.3 is 9.90 Å². The van der Waals surface area contributed by atoms with Crippen LogP contribution < -0.4 is 0 Å². The molecule has 0 aromatic carbocycles. The fourth-order valence-corrected chi connectivity index (χ4v) is 0.598. The molecule has 0 radical (unpaired) electrons. The van der Waals surface area contributed by atoms with Gasteiger partial charge in [-0.3, -0.25) is 0 Å². The number of ketones is 1. The van der Waals surface area contributed by atoms with Gasteiger partial charge in [0.2, 0.25) is 5.39 Å². The number of Topliss-reactive ketones (excluding diaryl/α,β-unsaturated/α-hetero) is 1. The zero-order valence-corrected chi connectivity index (χ0v) is 6.66. The van der Waals surface area contributed by atoms with Gasteiger partial charge in [0.05, 0.1) is 6.42 Å². The smallest absolute Gasteiger partial charge is 0.398 e. The van der Waals surface area contributed by atoms with Crippen LogP contribution in [0.1, 0.15) is 26.7 Å². The van der Waals surface area contributed by atoms with E-state index in [0.717, 1.165) is 0 Å². The molecule has 4 heteroatoms. The molecule has 0 saturated heterocycles. The first-order valence-corrected chi connectivity index (χ1v) is 3.31. The number of allylic oxidation sites excluding steroid dienone is 2. The molecule has 11 heavy (non-hydrogen) atoms. The van der Waals surface area contributed by atoms with Crippen molar-refractivity contribution in [2.45, 2.75) is 26.7 Å². The summed E-state index contributed by atoms with van der Waals surface area (Å²) in [5.41, 5.74) is 0.167. The van der Waals surface area contributed by atoms with Crippen LogP contribution in [0.3, 0.4) is 0 Å². The van der Waals surface area contributed by atoms with E-state index >= 15 is 0 Å². The predicted octanol–water partition coefficient (Wildman–Crippen LogP) is 2.00. The zero-order valence-electron chi connectivity index (χ0n) is 6.66. The lowest BCUT2D eigenvalue weighted by atomic mass is 10.2. The molecule has 1 N–H and O–H groups in total. The van der Waals surface area contributed by atoms with Gasteiger partial charge >= 0.3 is 5.70 Å². The fraction of sp³-hybridized carbons (Fsp3) is 0.571. The molecule has 60 valence electrons. The molecule has 0 aromatic rings. The Bertz CT molecular complexity index is 221. The van der Waals surface area contributed by atoms with E-state index in [4.69, 9.17) is 10.5 Å². The Balaban J connectivity index is 4.05. The molecule has 0 amide bonds. The summed E-state index contributed by atoms with van der Waals surface area (Å²) in [6.07, 6.45) is 0.575. The number of carbonyl (C=O) groups is 1. The lowest BCUT2D eigenvalue weighted by molar-refractivity contribution is -0.116. The maximum Gasteiger partial charge on any atom is 0.398 e. The van der Waals surface area contributed by atoms with Crippen LogP contribution in [0.5, 0.6) is 0 Å². The molecule has 0 fully saturated rings. The van der Waals surface area contributed by atoms with E-state index in [1.807, 2.05) is 0 Å². The molecular weight excluding hydrogens is 144 g/mol.